The number of benzene rings is 3. The first-order chi connectivity index (χ1) is 14.9. The second kappa shape index (κ2) is 8.61. The summed E-state index contributed by atoms with van der Waals surface area (Å²) in [5, 5.41) is 2.71. The molecule has 0 radical (unpaired) electrons. The van der Waals surface area contributed by atoms with Gasteiger partial charge in [0, 0.05) is 17.7 Å². The summed E-state index contributed by atoms with van der Waals surface area (Å²) in [6.45, 7) is 0.192. The standard InChI is InChI=1S/C23H16F2N2O3S/c24-17-7-4-14(5-8-17)13-26-23(29)16-6-9-20-19(12-16)22(28)21(31(30)27-20)11-15-2-1-3-18(25)10-15/h1-12,27H,13H2,(H,26,29)/b21-11-. The Morgan fingerprint density at radius 2 is 1.77 bits per heavy atom. The van der Waals surface area contributed by atoms with E-state index in [2.05, 4.69) is 10.0 Å². The first-order valence-corrected chi connectivity index (χ1v) is 10.4. The van der Waals surface area contributed by atoms with Crippen molar-refractivity contribution in [3.63, 3.8) is 0 Å². The van der Waals surface area contributed by atoms with Crippen molar-refractivity contribution in [2.24, 2.45) is 0 Å². The lowest BCUT2D eigenvalue weighted by Crippen LogP contribution is -2.25. The SMILES string of the molecule is O=C(NCc1ccc(F)cc1)c1ccc2c(c1)C(=O)/C(=C/c1cccc(F)c1)S(=O)N2. The number of halogens is 2. The molecule has 1 aliphatic heterocycles. The number of nitrogens with one attached hydrogen (secondary N) is 2. The fraction of sp³-hybridized carbons (Fsp3) is 0.0435. The van der Waals surface area contributed by atoms with Gasteiger partial charge in [-0.05, 0) is 59.7 Å². The number of anilines is 1. The molecule has 3 aromatic rings. The van der Waals surface area contributed by atoms with Crippen LogP contribution in [0.2, 0.25) is 0 Å². The van der Waals surface area contributed by atoms with Crippen molar-refractivity contribution in [1.82, 2.24) is 5.32 Å². The van der Waals surface area contributed by atoms with Gasteiger partial charge in [0.15, 0.2) is 11.0 Å². The first-order valence-electron chi connectivity index (χ1n) is 9.28. The van der Waals surface area contributed by atoms with Crippen LogP contribution in [0.5, 0.6) is 0 Å². The van der Waals surface area contributed by atoms with E-state index in [1.54, 1.807) is 18.2 Å². The molecule has 5 nitrogen and oxygen atoms in total. The van der Waals surface area contributed by atoms with Crippen molar-refractivity contribution >= 4 is 34.4 Å². The van der Waals surface area contributed by atoms with E-state index in [0.29, 0.717) is 11.3 Å². The third-order valence-electron chi connectivity index (χ3n) is 4.67. The lowest BCUT2D eigenvalue weighted by molar-refractivity contribution is 0.0951. The topological polar surface area (TPSA) is 75.3 Å². The number of hydrogen-bond acceptors (Lipinski definition) is 3. The third kappa shape index (κ3) is 4.59. The number of rotatable bonds is 4. The van der Waals surface area contributed by atoms with Crippen molar-refractivity contribution in [1.29, 1.82) is 0 Å². The van der Waals surface area contributed by atoms with Gasteiger partial charge in [-0.25, -0.2) is 13.0 Å². The molecule has 0 aromatic heterocycles. The summed E-state index contributed by atoms with van der Waals surface area (Å²) in [4.78, 5) is 25.4. The zero-order valence-corrected chi connectivity index (χ0v) is 16.8. The van der Waals surface area contributed by atoms with Crippen molar-refractivity contribution in [2.75, 3.05) is 4.72 Å². The molecule has 1 atom stereocenters. The Labute approximate surface area is 179 Å². The van der Waals surface area contributed by atoms with Crippen molar-refractivity contribution in [3.8, 4) is 0 Å². The summed E-state index contributed by atoms with van der Waals surface area (Å²) >= 11 is 0. The largest absolute Gasteiger partial charge is 0.348 e. The Morgan fingerprint density at radius 3 is 2.52 bits per heavy atom. The molecule has 1 unspecified atom stereocenters. The van der Waals surface area contributed by atoms with Gasteiger partial charge in [-0.2, -0.15) is 0 Å². The minimum Gasteiger partial charge on any atom is -0.348 e. The van der Waals surface area contributed by atoms with Gasteiger partial charge < -0.3 is 10.0 Å². The quantitative estimate of drug-likeness (QED) is 0.600. The molecule has 1 heterocycles. The maximum absolute atomic E-state index is 13.4. The maximum atomic E-state index is 13.4. The van der Waals surface area contributed by atoms with E-state index in [0.717, 1.165) is 5.56 Å². The highest BCUT2D eigenvalue weighted by atomic mass is 32.2. The van der Waals surface area contributed by atoms with E-state index < -0.39 is 28.5 Å². The molecular weight excluding hydrogens is 422 g/mol. The predicted octanol–water partition coefficient (Wildman–Crippen LogP) is 4.21. The molecule has 0 spiro atoms. The second-order valence-corrected chi connectivity index (χ2v) is 8.01. The minimum absolute atomic E-state index is 0.0398. The smallest absolute Gasteiger partial charge is 0.251 e. The Bertz CT molecular complexity index is 1240. The van der Waals surface area contributed by atoms with Crippen LogP contribution in [0.15, 0.2) is 71.6 Å². The Balaban J connectivity index is 1.57. The molecule has 1 aliphatic rings. The number of amides is 1. The summed E-state index contributed by atoms with van der Waals surface area (Å²) in [6.07, 6.45) is 1.36. The molecule has 0 saturated heterocycles. The summed E-state index contributed by atoms with van der Waals surface area (Å²) in [5.41, 5.74) is 1.90. The number of hydrogen-bond donors (Lipinski definition) is 2. The fourth-order valence-electron chi connectivity index (χ4n) is 3.09. The number of carbonyl (C=O) groups is 2. The lowest BCUT2D eigenvalue weighted by Gasteiger charge is -2.19. The molecule has 2 N–H and O–H groups in total. The summed E-state index contributed by atoms with van der Waals surface area (Å²) in [6, 6.07) is 15.8. The molecule has 156 valence electrons. The highest BCUT2D eigenvalue weighted by Gasteiger charge is 2.28. The predicted molar refractivity (Wildman–Crippen MR) is 114 cm³/mol. The first kappa shape index (κ1) is 20.6. The number of carbonyl (C=O) groups excluding carboxylic acids is 2. The number of allylic oxidation sites excluding steroid dienone is 1. The second-order valence-electron chi connectivity index (χ2n) is 6.83. The third-order valence-corrected chi connectivity index (χ3v) is 5.77. The van der Waals surface area contributed by atoms with Crippen molar-refractivity contribution in [2.45, 2.75) is 6.54 Å². The van der Waals surface area contributed by atoms with E-state index in [4.69, 9.17) is 0 Å². The van der Waals surface area contributed by atoms with Crippen LogP contribution < -0.4 is 10.0 Å². The molecule has 4 rings (SSSR count). The van der Waals surface area contributed by atoms with E-state index in [1.807, 2.05) is 0 Å². The molecule has 31 heavy (non-hydrogen) atoms. The maximum Gasteiger partial charge on any atom is 0.251 e. The van der Waals surface area contributed by atoms with Crippen LogP contribution in [0, 0.1) is 11.6 Å². The number of fused-ring (bicyclic) bond motifs is 1. The monoisotopic (exact) mass is 438 g/mol. The average molecular weight is 438 g/mol. The van der Waals surface area contributed by atoms with Crippen LogP contribution in [0.25, 0.3) is 6.08 Å². The highest BCUT2D eigenvalue weighted by Crippen LogP contribution is 2.29. The molecule has 0 bridgehead atoms. The van der Waals surface area contributed by atoms with Gasteiger partial charge in [0.25, 0.3) is 5.91 Å². The van der Waals surface area contributed by atoms with E-state index >= 15 is 0 Å². The molecule has 8 heteroatoms. The van der Waals surface area contributed by atoms with E-state index in [-0.39, 0.29) is 28.4 Å². The zero-order valence-electron chi connectivity index (χ0n) is 16.0. The number of ketones is 1. The van der Waals surface area contributed by atoms with Crippen LogP contribution in [0.4, 0.5) is 14.5 Å². The van der Waals surface area contributed by atoms with E-state index in [1.165, 1.54) is 54.6 Å². The molecular formula is C23H16F2N2O3S. The normalized spacial score (nSPS) is 16.5. The van der Waals surface area contributed by atoms with Crippen molar-refractivity contribution in [3.05, 3.63) is 106 Å². The van der Waals surface area contributed by atoms with E-state index in [9.17, 15) is 22.6 Å². The van der Waals surface area contributed by atoms with Crippen LogP contribution in [-0.4, -0.2) is 15.9 Å². The number of Topliss-reactive ketones (excluding diaryl/α,β-unsaturated/α-hetero) is 1. The zero-order chi connectivity index (χ0) is 22.0. The van der Waals surface area contributed by atoms with Gasteiger partial charge in [0.2, 0.25) is 5.78 Å². The Kier molecular flexibility index (Phi) is 5.73. The molecule has 1 amide bonds. The summed E-state index contributed by atoms with van der Waals surface area (Å²) in [7, 11) is -1.82. The van der Waals surface area contributed by atoms with Gasteiger partial charge >= 0.3 is 0 Å². The summed E-state index contributed by atoms with van der Waals surface area (Å²) < 4.78 is 41.6. The molecule has 0 aliphatic carbocycles. The van der Waals surface area contributed by atoms with Gasteiger partial charge in [-0.1, -0.05) is 24.3 Å². The molecule has 0 fully saturated rings. The van der Waals surface area contributed by atoms with Gasteiger partial charge in [-0.15, -0.1) is 0 Å². The molecule has 0 saturated carbocycles. The summed E-state index contributed by atoms with van der Waals surface area (Å²) in [5.74, 6) is -1.76. The minimum atomic E-state index is -1.82. The average Bonchev–Trinajstić information content (AvgIpc) is 2.76. The van der Waals surface area contributed by atoms with Crippen molar-refractivity contribution < 1.29 is 22.6 Å². The van der Waals surface area contributed by atoms with Crippen LogP contribution >= 0.6 is 0 Å². The lowest BCUT2D eigenvalue weighted by atomic mass is 10.0. The Morgan fingerprint density at radius 1 is 1.00 bits per heavy atom. The fourth-order valence-corrected chi connectivity index (χ4v) is 4.10. The van der Waals surface area contributed by atoms with Gasteiger partial charge in [0.05, 0.1) is 5.69 Å². The highest BCUT2D eigenvalue weighted by molar-refractivity contribution is 7.91. The Hall–Kier alpha value is -3.65. The van der Waals surface area contributed by atoms with Gasteiger partial charge in [0.1, 0.15) is 16.5 Å². The van der Waals surface area contributed by atoms with Crippen LogP contribution in [-0.2, 0) is 17.5 Å². The molecule has 3 aromatic carbocycles. The van der Waals surface area contributed by atoms with Crippen LogP contribution in [0.3, 0.4) is 0 Å². The van der Waals surface area contributed by atoms with Crippen LogP contribution in [0.1, 0.15) is 31.8 Å². The van der Waals surface area contributed by atoms with Gasteiger partial charge in [-0.3, -0.25) is 9.59 Å².